The summed E-state index contributed by atoms with van der Waals surface area (Å²) in [6.07, 6.45) is 1.90. The van der Waals surface area contributed by atoms with Crippen molar-refractivity contribution in [2.24, 2.45) is 5.92 Å². The molecule has 0 radical (unpaired) electrons. The summed E-state index contributed by atoms with van der Waals surface area (Å²) in [5.74, 6) is 0.745. The summed E-state index contributed by atoms with van der Waals surface area (Å²) in [7, 11) is -2.10. The van der Waals surface area contributed by atoms with Crippen molar-refractivity contribution in [3.05, 3.63) is 16.6 Å². The van der Waals surface area contributed by atoms with Gasteiger partial charge in [-0.25, -0.2) is 8.42 Å². The van der Waals surface area contributed by atoms with Crippen LogP contribution in [0.15, 0.2) is 21.5 Å². The van der Waals surface area contributed by atoms with E-state index in [0.29, 0.717) is 34.9 Å². The average molecular weight is 363 g/mol. The number of hydrogen-bond acceptors (Lipinski definition) is 4. The normalized spacial score (nSPS) is 20.2. The topological polar surface area (TPSA) is 72.6 Å². The molecule has 1 aliphatic rings. The molecule has 112 valence electrons. The lowest BCUT2D eigenvalue weighted by molar-refractivity contribution is 0.397. The van der Waals surface area contributed by atoms with Gasteiger partial charge in [0, 0.05) is 23.2 Å². The molecule has 2 N–H and O–H groups in total. The quantitative estimate of drug-likeness (QED) is 0.834. The third-order valence-electron chi connectivity index (χ3n) is 3.73. The van der Waals surface area contributed by atoms with E-state index in [-0.39, 0.29) is 4.90 Å². The molecule has 1 fully saturated rings. The minimum atomic E-state index is -3.56. The molecule has 1 heterocycles. The number of rotatable bonds is 4. The third-order valence-corrected chi connectivity index (χ3v) is 6.30. The van der Waals surface area contributed by atoms with Gasteiger partial charge >= 0.3 is 0 Å². The first-order valence-corrected chi connectivity index (χ1v) is 8.76. The van der Waals surface area contributed by atoms with Gasteiger partial charge < -0.3 is 10.5 Å². The highest BCUT2D eigenvalue weighted by Gasteiger charge is 2.34. The summed E-state index contributed by atoms with van der Waals surface area (Å²) in [6.45, 7) is 3.21. The van der Waals surface area contributed by atoms with Crippen LogP contribution in [0.2, 0.25) is 0 Å². The summed E-state index contributed by atoms with van der Waals surface area (Å²) >= 11 is 3.28. The Kier molecular flexibility index (Phi) is 4.61. The molecule has 0 spiro atoms. The lowest BCUT2D eigenvalue weighted by Crippen LogP contribution is -2.29. The fourth-order valence-electron chi connectivity index (χ4n) is 2.40. The summed E-state index contributed by atoms with van der Waals surface area (Å²) in [6, 6.07) is 3.05. The smallest absolute Gasteiger partial charge is 0.246 e. The molecule has 1 unspecified atom stereocenters. The second kappa shape index (κ2) is 5.91. The second-order valence-electron chi connectivity index (χ2n) is 4.95. The van der Waals surface area contributed by atoms with Gasteiger partial charge in [-0.2, -0.15) is 4.31 Å². The van der Waals surface area contributed by atoms with Crippen molar-refractivity contribution >= 4 is 31.6 Å². The third kappa shape index (κ3) is 2.80. The monoisotopic (exact) mass is 362 g/mol. The Morgan fingerprint density at radius 2 is 2.20 bits per heavy atom. The van der Waals surface area contributed by atoms with E-state index in [1.54, 1.807) is 6.07 Å². The minimum Gasteiger partial charge on any atom is -0.495 e. The molecule has 1 aromatic rings. The average Bonchev–Trinajstić information content (AvgIpc) is 2.90. The van der Waals surface area contributed by atoms with Gasteiger partial charge in [-0.3, -0.25) is 0 Å². The Labute approximate surface area is 128 Å². The van der Waals surface area contributed by atoms with Crippen LogP contribution in [0.3, 0.4) is 0 Å². The van der Waals surface area contributed by atoms with Crippen molar-refractivity contribution in [3.63, 3.8) is 0 Å². The molecule has 1 atom stereocenters. The number of nitrogen functional groups attached to an aromatic ring is 1. The number of ether oxygens (including phenoxy) is 1. The molecular formula is C13H19BrN2O3S. The van der Waals surface area contributed by atoms with Gasteiger partial charge in [0.25, 0.3) is 0 Å². The van der Waals surface area contributed by atoms with E-state index in [4.69, 9.17) is 10.5 Å². The van der Waals surface area contributed by atoms with Crippen LogP contribution in [0.5, 0.6) is 5.75 Å². The number of halogens is 1. The fourth-order valence-corrected chi connectivity index (χ4v) is 4.43. The van der Waals surface area contributed by atoms with E-state index in [9.17, 15) is 8.42 Å². The Hall–Kier alpha value is -0.790. The van der Waals surface area contributed by atoms with E-state index in [2.05, 4.69) is 22.9 Å². The van der Waals surface area contributed by atoms with Gasteiger partial charge in [-0.1, -0.05) is 13.3 Å². The largest absolute Gasteiger partial charge is 0.495 e. The number of nitrogens with zero attached hydrogens (tertiary/aromatic N) is 1. The summed E-state index contributed by atoms with van der Waals surface area (Å²) < 4.78 is 32.8. The number of benzene rings is 1. The fraction of sp³-hybridized carbons (Fsp3) is 0.538. The highest BCUT2D eigenvalue weighted by molar-refractivity contribution is 9.10. The highest BCUT2D eigenvalue weighted by atomic mass is 79.9. The molecule has 5 nitrogen and oxygen atoms in total. The Morgan fingerprint density at radius 3 is 2.75 bits per heavy atom. The van der Waals surface area contributed by atoms with Crippen molar-refractivity contribution in [1.82, 2.24) is 4.31 Å². The summed E-state index contributed by atoms with van der Waals surface area (Å²) in [5.41, 5.74) is 6.19. The molecule has 0 aliphatic carbocycles. The van der Waals surface area contributed by atoms with Crippen LogP contribution < -0.4 is 10.5 Å². The van der Waals surface area contributed by atoms with Gasteiger partial charge in [0.15, 0.2) is 0 Å². The van der Waals surface area contributed by atoms with E-state index in [1.165, 1.54) is 17.5 Å². The Bertz CT molecular complexity index is 604. The summed E-state index contributed by atoms with van der Waals surface area (Å²) in [4.78, 5) is 0.137. The lowest BCUT2D eigenvalue weighted by atomic mass is 10.1. The maximum Gasteiger partial charge on any atom is 0.246 e. The molecule has 0 saturated carbocycles. The molecule has 0 bridgehead atoms. The summed E-state index contributed by atoms with van der Waals surface area (Å²) in [5, 5.41) is 0. The first-order valence-electron chi connectivity index (χ1n) is 6.53. The first kappa shape index (κ1) is 15.6. The van der Waals surface area contributed by atoms with Crippen LogP contribution in [-0.2, 0) is 10.0 Å². The van der Waals surface area contributed by atoms with E-state index < -0.39 is 10.0 Å². The van der Waals surface area contributed by atoms with Crippen molar-refractivity contribution in [1.29, 1.82) is 0 Å². The zero-order valence-electron chi connectivity index (χ0n) is 11.6. The molecular weight excluding hydrogens is 344 g/mol. The second-order valence-corrected chi connectivity index (χ2v) is 7.71. The zero-order valence-corrected chi connectivity index (χ0v) is 14.0. The van der Waals surface area contributed by atoms with Crippen LogP contribution in [0, 0.1) is 5.92 Å². The van der Waals surface area contributed by atoms with Gasteiger partial charge in [0.2, 0.25) is 10.0 Å². The first-order chi connectivity index (χ1) is 9.40. The molecule has 7 heteroatoms. The predicted octanol–water partition coefficient (Wildman–Crippen LogP) is 2.46. The van der Waals surface area contributed by atoms with E-state index in [0.717, 1.165) is 12.8 Å². The Balaban J connectivity index is 2.42. The van der Waals surface area contributed by atoms with Crippen LogP contribution in [0.4, 0.5) is 5.69 Å². The number of methoxy groups -OCH3 is 1. The van der Waals surface area contributed by atoms with Gasteiger partial charge in [-0.05, 0) is 40.4 Å². The number of anilines is 1. The standard InChI is InChI=1S/C13H19BrN2O3S/c1-3-9-4-5-16(8-9)20(17,18)13-7-11(15)10(14)6-12(13)19-2/h6-7,9H,3-5,8,15H2,1-2H3. The lowest BCUT2D eigenvalue weighted by Gasteiger charge is -2.19. The van der Waals surface area contributed by atoms with E-state index in [1.807, 2.05) is 0 Å². The van der Waals surface area contributed by atoms with Crippen LogP contribution in [0.1, 0.15) is 19.8 Å². The van der Waals surface area contributed by atoms with Crippen molar-refractivity contribution in [3.8, 4) is 5.75 Å². The SMILES string of the molecule is CCC1CCN(S(=O)(=O)c2cc(N)c(Br)cc2OC)C1. The minimum absolute atomic E-state index is 0.137. The maximum atomic E-state index is 12.7. The van der Waals surface area contributed by atoms with Crippen LogP contribution in [0.25, 0.3) is 0 Å². The Morgan fingerprint density at radius 1 is 1.50 bits per heavy atom. The van der Waals surface area contributed by atoms with Crippen LogP contribution >= 0.6 is 15.9 Å². The number of hydrogen-bond donors (Lipinski definition) is 1. The highest BCUT2D eigenvalue weighted by Crippen LogP contribution is 2.35. The van der Waals surface area contributed by atoms with Gasteiger partial charge in [0.1, 0.15) is 10.6 Å². The number of sulfonamides is 1. The molecule has 1 saturated heterocycles. The van der Waals surface area contributed by atoms with Crippen LogP contribution in [-0.4, -0.2) is 32.9 Å². The molecule has 0 amide bonds. The molecule has 1 aromatic carbocycles. The van der Waals surface area contributed by atoms with Crippen molar-refractivity contribution in [2.75, 3.05) is 25.9 Å². The van der Waals surface area contributed by atoms with E-state index >= 15 is 0 Å². The molecule has 20 heavy (non-hydrogen) atoms. The molecule has 0 aromatic heterocycles. The molecule has 2 rings (SSSR count). The van der Waals surface area contributed by atoms with Gasteiger partial charge in [0.05, 0.1) is 7.11 Å². The van der Waals surface area contributed by atoms with Gasteiger partial charge in [-0.15, -0.1) is 0 Å². The maximum absolute atomic E-state index is 12.7. The number of nitrogens with two attached hydrogens (primary N) is 1. The van der Waals surface area contributed by atoms with Crippen molar-refractivity contribution < 1.29 is 13.2 Å². The predicted molar refractivity (Wildman–Crippen MR) is 82.3 cm³/mol. The van der Waals surface area contributed by atoms with Crippen molar-refractivity contribution in [2.45, 2.75) is 24.7 Å². The molecule has 1 aliphatic heterocycles. The zero-order chi connectivity index (χ0) is 14.9.